The summed E-state index contributed by atoms with van der Waals surface area (Å²) in [6.45, 7) is 5.25. The maximum atomic E-state index is 14.4. The van der Waals surface area contributed by atoms with E-state index in [2.05, 4.69) is 23.1 Å². The molecule has 2 rings (SSSR count). The van der Waals surface area contributed by atoms with Gasteiger partial charge in [0.15, 0.2) is 0 Å². The molecular weight excluding hydrogens is 330 g/mol. The Morgan fingerprint density at radius 1 is 1.04 bits per heavy atom. The molecule has 0 saturated heterocycles. The predicted molar refractivity (Wildman–Crippen MR) is 100 cm³/mol. The van der Waals surface area contributed by atoms with Gasteiger partial charge in [0.2, 0.25) is 0 Å². The molecule has 2 aromatic carbocycles. The number of halogens is 2. The van der Waals surface area contributed by atoms with Crippen LogP contribution in [0.3, 0.4) is 0 Å². The van der Waals surface area contributed by atoms with Gasteiger partial charge < -0.3 is 4.90 Å². The first kappa shape index (κ1) is 20.1. The molecule has 26 heavy (non-hydrogen) atoms. The molecule has 4 heteroatoms. The lowest BCUT2D eigenvalue weighted by atomic mass is 9.69. The Balaban J connectivity index is 2.11. The van der Waals surface area contributed by atoms with E-state index >= 15 is 0 Å². The fourth-order valence-corrected chi connectivity index (χ4v) is 3.47. The van der Waals surface area contributed by atoms with Crippen LogP contribution in [0, 0.1) is 28.9 Å². The summed E-state index contributed by atoms with van der Waals surface area (Å²) in [6, 6.07) is 16.2. The minimum Gasteiger partial charge on any atom is -0.302 e. The van der Waals surface area contributed by atoms with Crippen LogP contribution in [-0.2, 0) is 12.0 Å². The van der Waals surface area contributed by atoms with Crippen LogP contribution >= 0.6 is 0 Å². The van der Waals surface area contributed by atoms with Crippen molar-refractivity contribution < 1.29 is 8.78 Å². The van der Waals surface area contributed by atoms with Crippen LogP contribution < -0.4 is 0 Å². The van der Waals surface area contributed by atoms with E-state index in [0.717, 1.165) is 13.1 Å². The van der Waals surface area contributed by atoms with Crippen LogP contribution in [0.25, 0.3) is 0 Å². The van der Waals surface area contributed by atoms with Crippen molar-refractivity contribution in [1.29, 1.82) is 5.26 Å². The predicted octanol–water partition coefficient (Wildman–Crippen LogP) is 5.29. The summed E-state index contributed by atoms with van der Waals surface area (Å²) >= 11 is 0. The Morgan fingerprint density at radius 3 is 2.19 bits per heavy atom. The van der Waals surface area contributed by atoms with E-state index < -0.39 is 17.0 Å². The van der Waals surface area contributed by atoms with E-state index in [1.54, 1.807) is 0 Å². The topological polar surface area (TPSA) is 27.0 Å². The third kappa shape index (κ3) is 4.47. The van der Waals surface area contributed by atoms with Crippen LogP contribution in [0.15, 0.2) is 48.5 Å². The fraction of sp³-hybridized carbons (Fsp3) is 0.409. The second-order valence-corrected chi connectivity index (χ2v) is 7.16. The standard InChI is InChI=1S/C22H26F2N2/c1-17(2)22(16-25,21-19(23)11-7-12-20(21)24)13-8-14-26(3)15-18-9-5-4-6-10-18/h4-7,9-12,17H,8,13-15H2,1-3H3. The lowest BCUT2D eigenvalue weighted by Gasteiger charge is -2.32. The van der Waals surface area contributed by atoms with Gasteiger partial charge in [-0.05, 0) is 50.0 Å². The summed E-state index contributed by atoms with van der Waals surface area (Å²) in [5.41, 5.74) is -0.0444. The van der Waals surface area contributed by atoms with E-state index in [1.807, 2.05) is 39.1 Å². The van der Waals surface area contributed by atoms with Crippen molar-refractivity contribution in [2.24, 2.45) is 5.92 Å². The highest BCUT2D eigenvalue weighted by Crippen LogP contribution is 2.39. The molecule has 1 unspecified atom stereocenters. The van der Waals surface area contributed by atoms with Gasteiger partial charge in [0, 0.05) is 12.1 Å². The summed E-state index contributed by atoms with van der Waals surface area (Å²) in [6.07, 6.45) is 1.10. The molecule has 0 heterocycles. The van der Waals surface area contributed by atoms with Crippen molar-refractivity contribution in [1.82, 2.24) is 4.90 Å². The lowest BCUT2D eigenvalue weighted by molar-refractivity contribution is 0.279. The van der Waals surface area contributed by atoms with Gasteiger partial charge in [-0.1, -0.05) is 50.2 Å². The fourth-order valence-electron chi connectivity index (χ4n) is 3.47. The molecule has 0 radical (unpaired) electrons. The molecule has 0 amide bonds. The van der Waals surface area contributed by atoms with Gasteiger partial charge in [-0.3, -0.25) is 0 Å². The van der Waals surface area contributed by atoms with Gasteiger partial charge in [0.1, 0.15) is 11.6 Å². The minimum absolute atomic E-state index is 0.0942. The highest BCUT2D eigenvalue weighted by Gasteiger charge is 2.40. The Kier molecular flexibility index (Phi) is 6.88. The van der Waals surface area contributed by atoms with Gasteiger partial charge in [-0.2, -0.15) is 5.26 Å². The van der Waals surface area contributed by atoms with Crippen molar-refractivity contribution in [2.45, 2.75) is 38.6 Å². The number of rotatable bonds is 8. The molecule has 0 aliphatic carbocycles. The van der Waals surface area contributed by atoms with Crippen LogP contribution in [0.1, 0.15) is 37.8 Å². The SMILES string of the molecule is CC(C)C(C#N)(CCCN(C)Cc1ccccc1)c1c(F)cccc1F. The van der Waals surface area contributed by atoms with Crippen LogP contribution in [0.5, 0.6) is 0 Å². The molecule has 0 spiro atoms. The average molecular weight is 356 g/mol. The monoisotopic (exact) mass is 356 g/mol. The van der Waals surface area contributed by atoms with Gasteiger partial charge in [-0.15, -0.1) is 0 Å². The molecule has 0 aromatic heterocycles. The normalized spacial score (nSPS) is 13.6. The molecule has 0 N–H and O–H groups in total. The second-order valence-electron chi connectivity index (χ2n) is 7.16. The van der Waals surface area contributed by atoms with E-state index in [0.29, 0.717) is 12.8 Å². The summed E-state index contributed by atoms with van der Waals surface area (Å²) in [7, 11) is 2.01. The molecule has 0 fully saturated rings. The number of nitriles is 1. The number of nitrogens with zero attached hydrogens (tertiary/aromatic N) is 2. The molecule has 0 aliphatic rings. The summed E-state index contributed by atoms with van der Waals surface area (Å²) in [4.78, 5) is 2.16. The highest BCUT2D eigenvalue weighted by molar-refractivity contribution is 5.36. The molecule has 138 valence electrons. The Bertz CT molecular complexity index is 732. The maximum Gasteiger partial charge on any atom is 0.130 e. The largest absolute Gasteiger partial charge is 0.302 e. The van der Waals surface area contributed by atoms with Gasteiger partial charge in [0.05, 0.1) is 11.5 Å². The average Bonchev–Trinajstić information content (AvgIpc) is 2.60. The van der Waals surface area contributed by atoms with Crippen molar-refractivity contribution in [3.8, 4) is 6.07 Å². The number of hydrogen-bond donors (Lipinski definition) is 0. The third-order valence-electron chi connectivity index (χ3n) is 5.00. The molecular formula is C22H26F2N2. The van der Waals surface area contributed by atoms with Gasteiger partial charge in [0.25, 0.3) is 0 Å². The molecule has 2 aromatic rings. The minimum atomic E-state index is -1.16. The molecule has 2 nitrogen and oxygen atoms in total. The Hall–Kier alpha value is -2.25. The first-order chi connectivity index (χ1) is 12.4. The van der Waals surface area contributed by atoms with Crippen molar-refractivity contribution >= 4 is 0 Å². The second kappa shape index (κ2) is 8.91. The van der Waals surface area contributed by atoms with Crippen molar-refractivity contribution in [3.05, 3.63) is 71.3 Å². The summed E-state index contributed by atoms with van der Waals surface area (Å²) in [5.74, 6) is -1.48. The van der Waals surface area contributed by atoms with Crippen LogP contribution in [-0.4, -0.2) is 18.5 Å². The first-order valence-electron chi connectivity index (χ1n) is 8.99. The molecule has 0 saturated carbocycles. The third-order valence-corrected chi connectivity index (χ3v) is 5.00. The van der Waals surface area contributed by atoms with Crippen LogP contribution in [0.2, 0.25) is 0 Å². The van der Waals surface area contributed by atoms with Crippen LogP contribution in [0.4, 0.5) is 8.78 Å². The van der Waals surface area contributed by atoms with Gasteiger partial charge >= 0.3 is 0 Å². The van der Waals surface area contributed by atoms with E-state index in [1.165, 1.54) is 23.8 Å². The van der Waals surface area contributed by atoms with Crippen molar-refractivity contribution in [3.63, 3.8) is 0 Å². The Labute approximate surface area is 155 Å². The van der Waals surface area contributed by atoms with E-state index in [4.69, 9.17) is 0 Å². The zero-order chi connectivity index (χ0) is 19.2. The van der Waals surface area contributed by atoms with E-state index in [-0.39, 0.29) is 11.5 Å². The molecule has 0 aliphatic heterocycles. The highest BCUT2D eigenvalue weighted by atomic mass is 19.1. The smallest absolute Gasteiger partial charge is 0.130 e. The summed E-state index contributed by atoms with van der Waals surface area (Å²) < 4.78 is 28.7. The molecule has 0 bridgehead atoms. The van der Waals surface area contributed by atoms with Crippen molar-refractivity contribution in [2.75, 3.05) is 13.6 Å². The number of hydrogen-bond acceptors (Lipinski definition) is 2. The summed E-state index contributed by atoms with van der Waals surface area (Å²) in [5, 5.41) is 9.85. The number of benzene rings is 2. The van der Waals surface area contributed by atoms with Gasteiger partial charge in [-0.25, -0.2) is 8.78 Å². The zero-order valence-corrected chi connectivity index (χ0v) is 15.7. The lowest BCUT2D eigenvalue weighted by Crippen LogP contribution is -2.34. The zero-order valence-electron chi connectivity index (χ0n) is 15.7. The maximum absolute atomic E-state index is 14.4. The first-order valence-corrected chi connectivity index (χ1v) is 8.99. The molecule has 1 atom stereocenters. The van der Waals surface area contributed by atoms with E-state index in [9.17, 15) is 14.0 Å². The quantitative estimate of drug-likeness (QED) is 0.642. The Morgan fingerprint density at radius 2 is 1.65 bits per heavy atom.